The van der Waals surface area contributed by atoms with Crippen LogP contribution in [0.1, 0.15) is 17.8 Å². The molecule has 0 amide bonds. The zero-order valence-corrected chi connectivity index (χ0v) is 15.0. The number of fused-ring (bicyclic) bond motifs is 1. The molecule has 0 aliphatic carbocycles. The average Bonchev–Trinajstić information content (AvgIpc) is 3.14. The van der Waals surface area contributed by atoms with Gasteiger partial charge in [0.1, 0.15) is 5.82 Å². The standard InChI is InChI=1S/C19H24N4S/c1-21-18-6-3-2-5-17(18)20-19(21)14-23-9-4-8-22(10-11-23)13-16-7-12-24-15-16/h2-3,5-7,12,15H,4,8-11,13-14H2,1H3. The van der Waals surface area contributed by atoms with Crippen molar-refractivity contribution in [1.29, 1.82) is 0 Å². The van der Waals surface area contributed by atoms with Crippen LogP contribution in [0.2, 0.25) is 0 Å². The molecule has 0 spiro atoms. The van der Waals surface area contributed by atoms with Gasteiger partial charge in [-0.2, -0.15) is 11.3 Å². The molecule has 4 rings (SSSR count). The number of nitrogens with zero attached hydrogens (tertiary/aromatic N) is 4. The highest BCUT2D eigenvalue weighted by atomic mass is 32.1. The third kappa shape index (κ3) is 3.38. The van der Waals surface area contributed by atoms with Crippen molar-refractivity contribution >= 4 is 22.4 Å². The van der Waals surface area contributed by atoms with Gasteiger partial charge in [0.15, 0.2) is 0 Å². The molecule has 0 bridgehead atoms. The maximum absolute atomic E-state index is 4.83. The van der Waals surface area contributed by atoms with E-state index in [9.17, 15) is 0 Å². The summed E-state index contributed by atoms with van der Waals surface area (Å²) in [6.07, 6.45) is 1.23. The third-order valence-electron chi connectivity index (χ3n) is 4.91. The summed E-state index contributed by atoms with van der Waals surface area (Å²) in [7, 11) is 2.13. The zero-order chi connectivity index (χ0) is 16.4. The number of benzene rings is 1. The number of rotatable bonds is 4. The van der Waals surface area contributed by atoms with Crippen LogP contribution in [0.25, 0.3) is 11.0 Å². The van der Waals surface area contributed by atoms with Gasteiger partial charge < -0.3 is 4.57 Å². The summed E-state index contributed by atoms with van der Waals surface area (Å²) in [5.74, 6) is 1.17. The fourth-order valence-electron chi connectivity index (χ4n) is 3.52. The second kappa shape index (κ2) is 7.05. The minimum Gasteiger partial charge on any atom is -0.330 e. The highest BCUT2D eigenvalue weighted by Crippen LogP contribution is 2.17. The molecule has 126 valence electrons. The van der Waals surface area contributed by atoms with Crippen LogP contribution in [0, 0.1) is 0 Å². The summed E-state index contributed by atoms with van der Waals surface area (Å²) < 4.78 is 2.24. The van der Waals surface area contributed by atoms with Crippen LogP contribution >= 0.6 is 11.3 Å². The van der Waals surface area contributed by atoms with Crippen molar-refractivity contribution in [2.24, 2.45) is 7.05 Å². The smallest absolute Gasteiger partial charge is 0.123 e. The molecule has 24 heavy (non-hydrogen) atoms. The Morgan fingerprint density at radius 1 is 1.00 bits per heavy atom. The van der Waals surface area contributed by atoms with Gasteiger partial charge in [-0.15, -0.1) is 0 Å². The number of imidazole rings is 1. The van der Waals surface area contributed by atoms with Crippen LogP contribution in [0.4, 0.5) is 0 Å². The van der Waals surface area contributed by atoms with Crippen LogP contribution in [0.5, 0.6) is 0 Å². The van der Waals surface area contributed by atoms with Crippen molar-refractivity contribution < 1.29 is 0 Å². The quantitative estimate of drug-likeness (QED) is 0.728. The Kier molecular flexibility index (Phi) is 4.65. The molecule has 1 aliphatic heterocycles. The first kappa shape index (κ1) is 15.8. The third-order valence-corrected chi connectivity index (χ3v) is 5.64. The van der Waals surface area contributed by atoms with Gasteiger partial charge in [-0.05, 0) is 54.0 Å². The monoisotopic (exact) mass is 340 g/mol. The highest BCUT2D eigenvalue weighted by molar-refractivity contribution is 7.07. The van der Waals surface area contributed by atoms with Crippen molar-refractivity contribution in [2.45, 2.75) is 19.5 Å². The Morgan fingerprint density at radius 2 is 1.79 bits per heavy atom. The molecule has 1 fully saturated rings. The Balaban J connectivity index is 1.41. The van der Waals surface area contributed by atoms with E-state index >= 15 is 0 Å². The van der Waals surface area contributed by atoms with E-state index in [0.29, 0.717) is 0 Å². The van der Waals surface area contributed by atoms with Crippen LogP contribution in [0.15, 0.2) is 41.1 Å². The van der Waals surface area contributed by atoms with Gasteiger partial charge in [0.25, 0.3) is 0 Å². The van der Waals surface area contributed by atoms with E-state index in [1.54, 1.807) is 11.3 Å². The molecule has 3 heterocycles. The molecule has 0 atom stereocenters. The summed E-state index contributed by atoms with van der Waals surface area (Å²) in [6.45, 7) is 6.63. The molecule has 5 heteroatoms. The molecule has 1 aliphatic rings. The molecule has 1 aromatic carbocycles. The second-order valence-electron chi connectivity index (χ2n) is 6.61. The fourth-order valence-corrected chi connectivity index (χ4v) is 4.18. The van der Waals surface area contributed by atoms with E-state index in [1.807, 2.05) is 0 Å². The minimum atomic E-state index is 0.942. The van der Waals surface area contributed by atoms with E-state index in [2.05, 4.69) is 62.5 Å². The number of thiophene rings is 1. The summed E-state index contributed by atoms with van der Waals surface area (Å²) in [6, 6.07) is 10.6. The van der Waals surface area contributed by atoms with Gasteiger partial charge >= 0.3 is 0 Å². The zero-order valence-electron chi connectivity index (χ0n) is 14.2. The minimum absolute atomic E-state index is 0.942. The van der Waals surface area contributed by atoms with E-state index in [-0.39, 0.29) is 0 Å². The first-order chi connectivity index (χ1) is 11.8. The van der Waals surface area contributed by atoms with E-state index in [0.717, 1.165) is 38.2 Å². The van der Waals surface area contributed by atoms with Crippen LogP contribution in [-0.2, 0) is 20.1 Å². The molecule has 0 radical (unpaired) electrons. The molecule has 0 N–H and O–H groups in total. The van der Waals surface area contributed by atoms with Crippen molar-refractivity contribution in [3.05, 3.63) is 52.5 Å². The topological polar surface area (TPSA) is 24.3 Å². The van der Waals surface area contributed by atoms with Crippen molar-refractivity contribution in [1.82, 2.24) is 19.4 Å². The van der Waals surface area contributed by atoms with Crippen LogP contribution in [0.3, 0.4) is 0 Å². The van der Waals surface area contributed by atoms with Gasteiger partial charge in [0.05, 0.1) is 17.6 Å². The molecule has 2 aromatic heterocycles. The van der Waals surface area contributed by atoms with Gasteiger partial charge in [-0.25, -0.2) is 4.98 Å². The maximum atomic E-state index is 4.83. The molecule has 3 aromatic rings. The number of para-hydroxylation sites is 2. The number of aromatic nitrogens is 2. The van der Waals surface area contributed by atoms with E-state index in [4.69, 9.17) is 4.98 Å². The summed E-state index contributed by atoms with van der Waals surface area (Å²) in [4.78, 5) is 9.96. The first-order valence-corrected chi connectivity index (χ1v) is 9.60. The Labute approximate surface area is 147 Å². The lowest BCUT2D eigenvalue weighted by Crippen LogP contribution is -2.30. The number of hydrogen-bond donors (Lipinski definition) is 0. The second-order valence-corrected chi connectivity index (χ2v) is 7.39. The average molecular weight is 340 g/mol. The first-order valence-electron chi connectivity index (χ1n) is 8.66. The fraction of sp³-hybridized carbons (Fsp3) is 0.421. The van der Waals surface area contributed by atoms with Gasteiger partial charge in [0, 0.05) is 26.7 Å². The molecule has 0 unspecified atom stereocenters. The lowest BCUT2D eigenvalue weighted by atomic mass is 10.3. The summed E-state index contributed by atoms with van der Waals surface area (Å²) in [5.41, 5.74) is 3.77. The van der Waals surface area contributed by atoms with E-state index in [1.165, 1.54) is 29.9 Å². The lowest BCUT2D eigenvalue weighted by molar-refractivity contribution is 0.242. The Bertz CT molecular complexity index is 793. The Hall–Kier alpha value is -1.69. The largest absolute Gasteiger partial charge is 0.330 e. The summed E-state index contributed by atoms with van der Waals surface area (Å²) in [5, 5.41) is 4.44. The van der Waals surface area contributed by atoms with Crippen molar-refractivity contribution in [3.8, 4) is 0 Å². The summed E-state index contributed by atoms with van der Waals surface area (Å²) >= 11 is 1.79. The molecular weight excluding hydrogens is 316 g/mol. The van der Waals surface area contributed by atoms with Crippen LogP contribution in [-0.4, -0.2) is 45.5 Å². The van der Waals surface area contributed by atoms with Gasteiger partial charge in [-0.1, -0.05) is 12.1 Å². The predicted molar refractivity (Wildman–Crippen MR) is 100 cm³/mol. The normalized spacial score (nSPS) is 17.4. The predicted octanol–water partition coefficient (Wildman–Crippen LogP) is 3.34. The van der Waals surface area contributed by atoms with Gasteiger partial charge in [0.2, 0.25) is 0 Å². The van der Waals surface area contributed by atoms with Gasteiger partial charge in [-0.3, -0.25) is 9.80 Å². The molecule has 4 nitrogen and oxygen atoms in total. The lowest BCUT2D eigenvalue weighted by Gasteiger charge is -2.21. The molecule has 1 saturated heterocycles. The number of aryl methyl sites for hydroxylation is 1. The highest BCUT2D eigenvalue weighted by Gasteiger charge is 2.17. The molecule has 0 saturated carbocycles. The van der Waals surface area contributed by atoms with E-state index < -0.39 is 0 Å². The number of hydrogen-bond acceptors (Lipinski definition) is 4. The SMILES string of the molecule is Cn1c(CN2CCCN(Cc3ccsc3)CC2)nc2ccccc21. The van der Waals surface area contributed by atoms with Crippen molar-refractivity contribution in [2.75, 3.05) is 26.2 Å². The van der Waals surface area contributed by atoms with Crippen molar-refractivity contribution in [3.63, 3.8) is 0 Å². The van der Waals surface area contributed by atoms with Crippen LogP contribution < -0.4 is 0 Å². The molecular formula is C19H24N4S. The maximum Gasteiger partial charge on any atom is 0.123 e. The Morgan fingerprint density at radius 3 is 2.54 bits per heavy atom.